The van der Waals surface area contributed by atoms with Crippen LogP contribution >= 0.6 is 0 Å². The third-order valence-electron chi connectivity index (χ3n) is 2.95. The van der Waals surface area contributed by atoms with Gasteiger partial charge >= 0.3 is 0 Å². The van der Waals surface area contributed by atoms with Crippen molar-refractivity contribution < 1.29 is 4.39 Å². The molecule has 0 amide bonds. The van der Waals surface area contributed by atoms with Crippen LogP contribution in [-0.2, 0) is 0 Å². The second kappa shape index (κ2) is 3.72. The van der Waals surface area contributed by atoms with E-state index >= 15 is 0 Å². The monoisotopic (exact) mass is 208 g/mol. The predicted molar refractivity (Wildman–Crippen MR) is 61.6 cm³/mol. The molecule has 1 aliphatic rings. The lowest BCUT2D eigenvalue weighted by Crippen LogP contribution is -2.26. The molecular formula is C12H17FN2. The van der Waals surface area contributed by atoms with Crippen molar-refractivity contribution in [2.24, 2.45) is 0 Å². The largest absolute Gasteiger partial charge is 0.397 e. The third-order valence-corrected chi connectivity index (χ3v) is 2.95. The molecule has 1 saturated carbocycles. The minimum absolute atomic E-state index is 0.219. The lowest BCUT2D eigenvalue weighted by atomic mass is 10.1. The fourth-order valence-corrected chi connectivity index (χ4v) is 1.94. The average molecular weight is 208 g/mol. The molecule has 0 heterocycles. The summed E-state index contributed by atoms with van der Waals surface area (Å²) in [6.07, 6.45) is 2.45. The lowest BCUT2D eigenvalue weighted by Gasteiger charge is -2.24. The van der Waals surface area contributed by atoms with E-state index in [4.69, 9.17) is 5.73 Å². The van der Waals surface area contributed by atoms with Crippen LogP contribution in [0.4, 0.5) is 15.8 Å². The maximum atomic E-state index is 13.2. The molecule has 15 heavy (non-hydrogen) atoms. The van der Waals surface area contributed by atoms with E-state index in [1.54, 1.807) is 6.92 Å². The number of halogens is 1. The molecule has 1 aromatic carbocycles. The van der Waals surface area contributed by atoms with Crippen molar-refractivity contribution in [3.63, 3.8) is 0 Å². The van der Waals surface area contributed by atoms with Crippen molar-refractivity contribution in [2.45, 2.75) is 32.7 Å². The minimum atomic E-state index is -0.219. The van der Waals surface area contributed by atoms with Crippen molar-refractivity contribution >= 4 is 11.4 Å². The fourth-order valence-electron chi connectivity index (χ4n) is 1.94. The normalized spacial score (nSPS) is 15.4. The van der Waals surface area contributed by atoms with Gasteiger partial charge in [0.1, 0.15) is 5.82 Å². The highest BCUT2D eigenvalue weighted by Crippen LogP contribution is 2.35. The van der Waals surface area contributed by atoms with Crippen molar-refractivity contribution in [2.75, 3.05) is 17.2 Å². The number of nitrogens with zero attached hydrogens (tertiary/aromatic N) is 1. The van der Waals surface area contributed by atoms with E-state index in [2.05, 4.69) is 11.8 Å². The molecule has 0 radical (unpaired) electrons. The summed E-state index contributed by atoms with van der Waals surface area (Å²) in [6.45, 7) is 4.81. The maximum absolute atomic E-state index is 13.2. The second-order valence-electron chi connectivity index (χ2n) is 4.18. The van der Waals surface area contributed by atoms with Gasteiger partial charge in [-0.2, -0.15) is 0 Å². The molecule has 0 atom stereocenters. The van der Waals surface area contributed by atoms with Gasteiger partial charge in [-0.3, -0.25) is 0 Å². The number of rotatable bonds is 3. The Kier molecular flexibility index (Phi) is 2.55. The van der Waals surface area contributed by atoms with Crippen molar-refractivity contribution in [3.05, 3.63) is 23.5 Å². The van der Waals surface area contributed by atoms with Crippen LogP contribution in [0.2, 0.25) is 0 Å². The van der Waals surface area contributed by atoms with Gasteiger partial charge < -0.3 is 10.6 Å². The summed E-state index contributed by atoms with van der Waals surface area (Å²) in [4.78, 5) is 2.27. The van der Waals surface area contributed by atoms with E-state index in [-0.39, 0.29) is 5.82 Å². The molecule has 3 heteroatoms. The van der Waals surface area contributed by atoms with Gasteiger partial charge in [-0.25, -0.2) is 4.39 Å². The number of aryl methyl sites for hydroxylation is 1. The van der Waals surface area contributed by atoms with Gasteiger partial charge in [-0.05, 0) is 44.4 Å². The zero-order valence-electron chi connectivity index (χ0n) is 9.26. The predicted octanol–water partition coefficient (Wildman–Crippen LogP) is 2.71. The first kappa shape index (κ1) is 10.3. The summed E-state index contributed by atoms with van der Waals surface area (Å²) in [5.74, 6) is -0.219. The Labute approximate surface area is 89.9 Å². The summed E-state index contributed by atoms with van der Waals surface area (Å²) in [5.41, 5.74) is 8.05. The van der Waals surface area contributed by atoms with Crippen LogP contribution < -0.4 is 10.6 Å². The Morgan fingerprint density at radius 2 is 2.13 bits per heavy atom. The molecule has 0 aromatic heterocycles. The standard InChI is InChI=1S/C12H17FN2/c1-3-15(9-4-5-9)12-6-8(2)10(13)7-11(12)14/h6-7,9H,3-5,14H2,1-2H3. The lowest BCUT2D eigenvalue weighted by molar-refractivity contribution is 0.618. The summed E-state index contributed by atoms with van der Waals surface area (Å²) in [7, 11) is 0. The van der Waals surface area contributed by atoms with E-state index in [1.165, 1.54) is 18.9 Å². The molecule has 82 valence electrons. The molecule has 2 nitrogen and oxygen atoms in total. The Hall–Kier alpha value is -1.25. The van der Waals surface area contributed by atoms with Crippen molar-refractivity contribution in [1.82, 2.24) is 0 Å². The zero-order valence-corrected chi connectivity index (χ0v) is 9.26. The van der Waals surface area contributed by atoms with Crippen LogP contribution in [0.5, 0.6) is 0 Å². The van der Waals surface area contributed by atoms with Gasteiger partial charge in [0.2, 0.25) is 0 Å². The van der Waals surface area contributed by atoms with E-state index in [1.807, 2.05) is 6.07 Å². The number of benzene rings is 1. The smallest absolute Gasteiger partial charge is 0.128 e. The molecule has 0 aliphatic heterocycles. The minimum Gasteiger partial charge on any atom is -0.397 e. The molecule has 2 N–H and O–H groups in total. The highest BCUT2D eigenvalue weighted by molar-refractivity contribution is 5.69. The van der Waals surface area contributed by atoms with Crippen molar-refractivity contribution in [3.8, 4) is 0 Å². The first-order chi connectivity index (χ1) is 7.13. The highest BCUT2D eigenvalue weighted by atomic mass is 19.1. The molecule has 0 unspecified atom stereocenters. The summed E-state index contributed by atoms with van der Waals surface area (Å²) in [6, 6.07) is 3.89. The molecule has 1 fully saturated rings. The molecule has 2 rings (SSSR count). The van der Waals surface area contributed by atoms with Crippen molar-refractivity contribution in [1.29, 1.82) is 0 Å². The molecule has 0 bridgehead atoms. The van der Waals surface area contributed by atoms with Gasteiger partial charge in [0.25, 0.3) is 0 Å². The van der Waals surface area contributed by atoms with Gasteiger partial charge in [0.05, 0.1) is 11.4 Å². The highest BCUT2D eigenvalue weighted by Gasteiger charge is 2.29. The molecular weight excluding hydrogens is 191 g/mol. The summed E-state index contributed by atoms with van der Waals surface area (Å²) in [5, 5.41) is 0. The van der Waals surface area contributed by atoms with Crippen LogP contribution in [0.15, 0.2) is 12.1 Å². The van der Waals surface area contributed by atoms with Gasteiger partial charge in [0, 0.05) is 12.6 Å². The number of hydrogen-bond acceptors (Lipinski definition) is 2. The first-order valence-electron chi connectivity index (χ1n) is 5.45. The quantitative estimate of drug-likeness (QED) is 0.774. The van der Waals surface area contributed by atoms with Gasteiger partial charge in [-0.15, -0.1) is 0 Å². The Balaban J connectivity index is 2.37. The van der Waals surface area contributed by atoms with Crippen LogP contribution in [-0.4, -0.2) is 12.6 Å². The third kappa shape index (κ3) is 1.91. The van der Waals surface area contributed by atoms with E-state index in [9.17, 15) is 4.39 Å². The van der Waals surface area contributed by atoms with Crippen LogP contribution in [0.25, 0.3) is 0 Å². The van der Waals surface area contributed by atoms with E-state index < -0.39 is 0 Å². The Bertz CT molecular complexity index is 372. The van der Waals surface area contributed by atoms with Crippen LogP contribution in [0.1, 0.15) is 25.3 Å². The van der Waals surface area contributed by atoms with Gasteiger partial charge in [0.15, 0.2) is 0 Å². The number of nitrogens with two attached hydrogens (primary N) is 1. The second-order valence-corrected chi connectivity index (χ2v) is 4.18. The topological polar surface area (TPSA) is 29.3 Å². The van der Waals surface area contributed by atoms with Gasteiger partial charge in [-0.1, -0.05) is 0 Å². The molecule has 0 spiro atoms. The fraction of sp³-hybridized carbons (Fsp3) is 0.500. The summed E-state index contributed by atoms with van der Waals surface area (Å²) >= 11 is 0. The first-order valence-corrected chi connectivity index (χ1v) is 5.45. The number of hydrogen-bond donors (Lipinski definition) is 1. The van der Waals surface area contributed by atoms with E-state index in [0.29, 0.717) is 17.3 Å². The Morgan fingerprint density at radius 3 is 2.67 bits per heavy atom. The average Bonchev–Trinajstić information content (AvgIpc) is 2.99. The maximum Gasteiger partial charge on any atom is 0.128 e. The SMILES string of the molecule is CCN(c1cc(C)c(F)cc1N)C1CC1. The number of nitrogen functional groups attached to an aromatic ring is 1. The summed E-state index contributed by atoms with van der Waals surface area (Å²) < 4.78 is 13.2. The van der Waals surface area contributed by atoms with Crippen LogP contribution in [0, 0.1) is 12.7 Å². The Morgan fingerprint density at radius 1 is 1.47 bits per heavy atom. The molecule has 0 saturated heterocycles. The molecule has 1 aliphatic carbocycles. The van der Waals surface area contributed by atoms with Crippen LogP contribution in [0.3, 0.4) is 0 Å². The van der Waals surface area contributed by atoms with E-state index in [0.717, 1.165) is 12.2 Å². The molecule has 1 aromatic rings. The zero-order chi connectivity index (χ0) is 11.0. The number of anilines is 2.